The zero-order valence-electron chi connectivity index (χ0n) is 9.02. The first kappa shape index (κ1) is 11.9. The van der Waals surface area contributed by atoms with E-state index in [-0.39, 0.29) is 30.6 Å². The maximum absolute atomic E-state index is 11.9. The number of hydrogen-bond donors (Lipinski definition) is 1. The van der Waals surface area contributed by atoms with Crippen molar-refractivity contribution in [3.8, 4) is 0 Å². The molecule has 5 heteroatoms. The van der Waals surface area contributed by atoms with Gasteiger partial charge in [-0.2, -0.15) is 13.2 Å². The number of halogens is 3. The predicted octanol–water partition coefficient (Wildman–Crippen LogP) is 2.43. The van der Waals surface area contributed by atoms with E-state index in [9.17, 15) is 18.0 Å². The van der Waals surface area contributed by atoms with Crippen LogP contribution in [0.25, 0.3) is 0 Å². The lowest BCUT2D eigenvalue weighted by molar-refractivity contribution is -0.137. The number of hydrogen-bond acceptors (Lipinski definition) is 2. The van der Waals surface area contributed by atoms with Crippen molar-refractivity contribution in [3.05, 3.63) is 0 Å². The maximum atomic E-state index is 11.9. The van der Waals surface area contributed by atoms with Crippen molar-refractivity contribution >= 4 is 5.78 Å². The summed E-state index contributed by atoms with van der Waals surface area (Å²) in [6, 6.07) is 0.671. The average Bonchev–Trinajstić information content (AvgIpc) is 2.76. The topological polar surface area (TPSA) is 29.1 Å². The fourth-order valence-electron chi connectivity index (χ4n) is 2.83. The fraction of sp³-hybridized carbons (Fsp3) is 0.909. The second-order valence-electron chi connectivity index (χ2n) is 4.82. The van der Waals surface area contributed by atoms with Crippen molar-refractivity contribution in [3.63, 3.8) is 0 Å². The van der Waals surface area contributed by atoms with E-state index in [2.05, 4.69) is 5.32 Å². The van der Waals surface area contributed by atoms with Crippen molar-refractivity contribution < 1.29 is 18.0 Å². The van der Waals surface area contributed by atoms with E-state index in [4.69, 9.17) is 0 Å². The van der Waals surface area contributed by atoms with Crippen LogP contribution in [0.3, 0.4) is 0 Å². The summed E-state index contributed by atoms with van der Waals surface area (Å²) in [5.74, 6) is -0.00377. The summed E-state index contributed by atoms with van der Waals surface area (Å²) < 4.78 is 35.7. The summed E-state index contributed by atoms with van der Waals surface area (Å²) in [4.78, 5) is 11.7. The second kappa shape index (κ2) is 4.35. The summed E-state index contributed by atoms with van der Waals surface area (Å²) in [6.07, 6.45) is -2.02. The molecule has 0 aromatic rings. The normalized spacial score (nSPS) is 33.3. The van der Waals surface area contributed by atoms with Crippen molar-refractivity contribution in [1.29, 1.82) is 0 Å². The van der Waals surface area contributed by atoms with Crippen LogP contribution >= 0.6 is 0 Å². The zero-order chi connectivity index (χ0) is 11.8. The van der Waals surface area contributed by atoms with Crippen LogP contribution in [0.1, 0.15) is 38.5 Å². The molecular formula is C11H16F3NO. The predicted molar refractivity (Wildman–Crippen MR) is 53.0 cm³/mol. The van der Waals surface area contributed by atoms with Crippen LogP contribution in [0.4, 0.5) is 13.2 Å². The third-order valence-corrected chi connectivity index (χ3v) is 3.60. The molecule has 2 heterocycles. The summed E-state index contributed by atoms with van der Waals surface area (Å²) in [7, 11) is 0. The van der Waals surface area contributed by atoms with Crippen LogP contribution in [0.15, 0.2) is 0 Å². The Labute approximate surface area is 92.6 Å². The SMILES string of the molecule is O=C(CCCC(F)(F)F)C1CC2CCC1N2. The van der Waals surface area contributed by atoms with Gasteiger partial charge in [-0.3, -0.25) is 4.79 Å². The van der Waals surface area contributed by atoms with E-state index in [0.29, 0.717) is 6.04 Å². The Morgan fingerprint density at radius 2 is 2.06 bits per heavy atom. The number of ketones is 1. The third-order valence-electron chi connectivity index (χ3n) is 3.60. The van der Waals surface area contributed by atoms with Gasteiger partial charge < -0.3 is 5.32 Å². The average molecular weight is 235 g/mol. The Morgan fingerprint density at radius 3 is 2.56 bits per heavy atom. The number of rotatable bonds is 4. The van der Waals surface area contributed by atoms with Gasteiger partial charge in [0.25, 0.3) is 0 Å². The molecule has 2 aliphatic heterocycles. The number of fused-ring (bicyclic) bond motifs is 2. The molecule has 3 atom stereocenters. The van der Waals surface area contributed by atoms with Crippen LogP contribution < -0.4 is 5.32 Å². The minimum atomic E-state index is -4.13. The third kappa shape index (κ3) is 2.75. The Kier molecular flexibility index (Phi) is 3.24. The highest BCUT2D eigenvalue weighted by molar-refractivity contribution is 5.82. The van der Waals surface area contributed by atoms with Crippen LogP contribution in [-0.2, 0) is 4.79 Å². The molecule has 2 saturated heterocycles. The molecule has 92 valence electrons. The number of Topliss-reactive ketones (excluding diaryl/α,β-unsaturated/α-hetero) is 1. The first-order valence-electron chi connectivity index (χ1n) is 5.81. The van der Waals surface area contributed by atoms with Gasteiger partial charge in [-0.05, 0) is 25.7 Å². The molecule has 0 radical (unpaired) electrons. The van der Waals surface area contributed by atoms with Gasteiger partial charge in [0.05, 0.1) is 0 Å². The van der Waals surface area contributed by atoms with Gasteiger partial charge in [-0.1, -0.05) is 0 Å². The molecule has 1 N–H and O–H groups in total. The van der Waals surface area contributed by atoms with E-state index >= 15 is 0 Å². The minimum absolute atomic E-state index is 0.0175. The molecular weight excluding hydrogens is 219 g/mol. The van der Waals surface area contributed by atoms with Crippen LogP contribution in [0.2, 0.25) is 0 Å². The molecule has 0 spiro atoms. The highest BCUT2D eigenvalue weighted by atomic mass is 19.4. The Hall–Kier alpha value is -0.580. The Bertz CT molecular complexity index is 277. The fourth-order valence-corrected chi connectivity index (χ4v) is 2.83. The summed E-state index contributed by atoms with van der Waals surface area (Å²) >= 11 is 0. The van der Waals surface area contributed by atoms with Gasteiger partial charge in [-0.15, -0.1) is 0 Å². The van der Waals surface area contributed by atoms with E-state index in [0.717, 1.165) is 19.3 Å². The molecule has 2 nitrogen and oxygen atoms in total. The molecule has 0 saturated carbocycles. The highest BCUT2D eigenvalue weighted by Crippen LogP contribution is 2.35. The van der Waals surface area contributed by atoms with Gasteiger partial charge in [-0.25, -0.2) is 0 Å². The zero-order valence-corrected chi connectivity index (χ0v) is 9.02. The van der Waals surface area contributed by atoms with Crippen LogP contribution in [0.5, 0.6) is 0 Å². The number of nitrogens with one attached hydrogen (secondary N) is 1. The molecule has 0 aliphatic carbocycles. The summed E-state index contributed by atoms with van der Waals surface area (Å²) in [6.45, 7) is 0. The van der Waals surface area contributed by atoms with E-state index in [1.165, 1.54) is 0 Å². The number of alkyl halides is 3. The van der Waals surface area contributed by atoms with Crippen molar-refractivity contribution in [2.45, 2.75) is 56.8 Å². The number of carbonyl (C=O) groups is 1. The molecule has 0 aromatic carbocycles. The van der Waals surface area contributed by atoms with E-state index in [1.807, 2.05) is 0 Å². The van der Waals surface area contributed by atoms with Crippen LogP contribution in [-0.4, -0.2) is 24.0 Å². The van der Waals surface area contributed by atoms with Gasteiger partial charge >= 0.3 is 6.18 Å². The van der Waals surface area contributed by atoms with Gasteiger partial charge in [0.1, 0.15) is 5.78 Å². The lowest BCUT2D eigenvalue weighted by Crippen LogP contribution is -2.28. The molecule has 0 amide bonds. The summed E-state index contributed by atoms with van der Waals surface area (Å²) in [5, 5.41) is 3.32. The van der Waals surface area contributed by atoms with E-state index < -0.39 is 12.6 Å². The molecule has 16 heavy (non-hydrogen) atoms. The van der Waals surface area contributed by atoms with Crippen LogP contribution in [0, 0.1) is 5.92 Å². The molecule has 2 rings (SSSR count). The van der Waals surface area contributed by atoms with Crippen molar-refractivity contribution in [2.75, 3.05) is 0 Å². The van der Waals surface area contributed by atoms with Crippen molar-refractivity contribution in [2.24, 2.45) is 5.92 Å². The largest absolute Gasteiger partial charge is 0.389 e. The first-order chi connectivity index (χ1) is 7.46. The monoisotopic (exact) mass is 235 g/mol. The van der Waals surface area contributed by atoms with Gasteiger partial charge in [0.2, 0.25) is 0 Å². The lowest BCUT2D eigenvalue weighted by Gasteiger charge is -2.18. The standard InChI is InChI=1S/C11H16F3NO/c12-11(13,14)5-1-2-10(16)8-6-7-3-4-9(8)15-7/h7-9,15H,1-6H2. The van der Waals surface area contributed by atoms with Gasteiger partial charge in [0, 0.05) is 30.8 Å². The molecule has 2 bridgehead atoms. The summed E-state index contributed by atoms with van der Waals surface area (Å²) in [5.41, 5.74) is 0. The maximum Gasteiger partial charge on any atom is 0.389 e. The molecule has 2 aliphatic rings. The lowest BCUT2D eigenvalue weighted by atomic mass is 9.84. The number of carbonyl (C=O) groups excluding carboxylic acids is 1. The molecule has 0 aromatic heterocycles. The minimum Gasteiger partial charge on any atom is -0.310 e. The van der Waals surface area contributed by atoms with Gasteiger partial charge in [0.15, 0.2) is 0 Å². The smallest absolute Gasteiger partial charge is 0.310 e. The van der Waals surface area contributed by atoms with E-state index in [1.54, 1.807) is 0 Å². The molecule has 2 fully saturated rings. The second-order valence-corrected chi connectivity index (χ2v) is 4.82. The highest BCUT2D eigenvalue weighted by Gasteiger charge is 2.42. The Morgan fingerprint density at radius 1 is 1.31 bits per heavy atom. The Balaban J connectivity index is 1.73. The quantitative estimate of drug-likeness (QED) is 0.810. The molecule has 3 unspecified atom stereocenters. The van der Waals surface area contributed by atoms with Crippen molar-refractivity contribution in [1.82, 2.24) is 5.32 Å². The first-order valence-corrected chi connectivity index (χ1v) is 5.81.